The van der Waals surface area contributed by atoms with Crippen molar-refractivity contribution in [2.75, 3.05) is 7.11 Å². The number of esters is 1. The number of rotatable bonds is 6. The lowest BCUT2D eigenvalue weighted by atomic mass is 10.0. The van der Waals surface area contributed by atoms with Crippen LogP contribution >= 0.6 is 23.2 Å². The highest BCUT2D eigenvalue weighted by Crippen LogP contribution is 2.29. The maximum absolute atomic E-state index is 12.4. The van der Waals surface area contributed by atoms with Gasteiger partial charge in [0.2, 0.25) is 10.0 Å². The van der Waals surface area contributed by atoms with Crippen molar-refractivity contribution in [2.24, 2.45) is 5.92 Å². The van der Waals surface area contributed by atoms with Crippen molar-refractivity contribution < 1.29 is 17.9 Å². The zero-order valence-electron chi connectivity index (χ0n) is 11.9. The van der Waals surface area contributed by atoms with E-state index < -0.39 is 22.0 Å². The minimum atomic E-state index is -4.05. The number of sulfonamides is 1. The van der Waals surface area contributed by atoms with Crippen LogP contribution in [0.25, 0.3) is 0 Å². The minimum absolute atomic E-state index is 0.0113. The van der Waals surface area contributed by atoms with Crippen molar-refractivity contribution in [3.8, 4) is 0 Å². The quantitative estimate of drug-likeness (QED) is 0.798. The van der Waals surface area contributed by atoms with Gasteiger partial charge in [-0.05, 0) is 18.1 Å². The average Bonchev–Trinajstić information content (AvgIpc) is 2.42. The summed E-state index contributed by atoms with van der Waals surface area (Å²) in [6, 6.07) is 3.37. The summed E-state index contributed by atoms with van der Waals surface area (Å²) in [6.07, 6.45) is 0.596. The fraction of sp³-hybridized carbons (Fsp3) is 0.462. The topological polar surface area (TPSA) is 72.5 Å². The molecule has 0 fully saturated rings. The number of hydrogen-bond acceptors (Lipinski definition) is 4. The lowest BCUT2D eigenvalue weighted by Crippen LogP contribution is -2.45. The Bertz CT molecular complexity index is 598. The fourth-order valence-corrected chi connectivity index (χ4v) is 4.16. The molecule has 0 saturated carbocycles. The number of carbonyl (C=O) groups excluding carboxylic acids is 1. The number of hydrogen-bond donors (Lipinski definition) is 1. The minimum Gasteiger partial charge on any atom is -0.468 e. The normalized spacial score (nSPS) is 14.5. The number of methoxy groups -OCH3 is 1. The van der Waals surface area contributed by atoms with Gasteiger partial charge in [-0.3, -0.25) is 4.79 Å². The molecule has 0 aliphatic carbocycles. The van der Waals surface area contributed by atoms with Gasteiger partial charge in [-0.25, -0.2) is 8.42 Å². The smallest absolute Gasteiger partial charge is 0.324 e. The first kappa shape index (κ1) is 18.2. The summed E-state index contributed by atoms with van der Waals surface area (Å²) in [4.78, 5) is 11.5. The second-order valence-electron chi connectivity index (χ2n) is 4.56. The van der Waals surface area contributed by atoms with Crippen LogP contribution in [0.15, 0.2) is 23.1 Å². The number of ether oxygens (including phenoxy) is 1. The Labute approximate surface area is 134 Å². The summed E-state index contributed by atoms with van der Waals surface area (Å²) in [6.45, 7) is 3.59. The van der Waals surface area contributed by atoms with Crippen LogP contribution < -0.4 is 4.72 Å². The summed E-state index contributed by atoms with van der Waals surface area (Å²) < 4.78 is 31.8. The lowest BCUT2D eigenvalue weighted by molar-refractivity contribution is -0.143. The van der Waals surface area contributed by atoms with E-state index in [1.807, 2.05) is 6.92 Å². The van der Waals surface area contributed by atoms with E-state index in [0.717, 1.165) is 0 Å². The van der Waals surface area contributed by atoms with Crippen molar-refractivity contribution in [1.29, 1.82) is 0 Å². The summed E-state index contributed by atoms with van der Waals surface area (Å²) in [5, 5.41) is -0.0227. The van der Waals surface area contributed by atoms with Crippen molar-refractivity contribution in [3.63, 3.8) is 0 Å². The third-order valence-corrected chi connectivity index (χ3v) is 5.53. The molecule has 0 unspecified atom stereocenters. The number of benzene rings is 1. The molecule has 1 aromatic carbocycles. The first-order valence-corrected chi connectivity index (χ1v) is 8.52. The average molecular weight is 354 g/mol. The molecule has 0 aliphatic heterocycles. The Balaban J connectivity index is 3.21. The van der Waals surface area contributed by atoms with Crippen LogP contribution in [0.1, 0.15) is 20.3 Å². The van der Waals surface area contributed by atoms with Crippen molar-refractivity contribution in [1.82, 2.24) is 4.72 Å². The Morgan fingerprint density at radius 2 is 1.86 bits per heavy atom. The van der Waals surface area contributed by atoms with E-state index in [2.05, 4.69) is 9.46 Å². The van der Waals surface area contributed by atoms with Crippen LogP contribution in [-0.4, -0.2) is 27.5 Å². The van der Waals surface area contributed by atoms with Crippen LogP contribution in [0.4, 0.5) is 0 Å². The molecule has 8 heteroatoms. The van der Waals surface area contributed by atoms with Crippen LogP contribution in [0.5, 0.6) is 0 Å². The third kappa shape index (κ3) is 4.32. The molecule has 0 spiro atoms. The maximum Gasteiger partial charge on any atom is 0.324 e. The molecule has 118 valence electrons. The molecule has 0 heterocycles. The highest BCUT2D eigenvalue weighted by atomic mass is 35.5. The van der Waals surface area contributed by atoms with Crippen LogP contribution in [0, 0.1) is 5.92 Å². The van der Waals surface area contributed by atoms with Gasteiger partial charge in [-0.15, -0.1) is 0 Å². The first-order chi connectivity index (χ1) is 9.74. The summed E-state index contributed by atoms with van der Waals surface area (Å²) in [5.74, 6) is -0.899. The molecule has 1 N–H and O–H groups in total. The fourth-order valence-electron chi connectivity index (χ4n) is 1.72. The molecule has 0 bridgehead atoms. The molecule has 0 aliphatic rings. The van der Waals surface area contributed by atoms with E-state index in [0.29, 0.717) is 6.42 Å². The van der Waals surface area contributed by atoms with Crippen molar-refractivity contribution in [2.45, 2.75) is 31.2 Å². The summed E-state index contributed by atoms with van der Waals surface area (Å²) in [5.41, 5.74) is 0. The van der Waals surface area contributed by atoms with Gasteiger partial charge in [0.05, 0.1) is 17.2 Å². The second-order valence-corrected chi connectivity index (χ2v) is 7.02. The van der Waals surface area contributed by atoms with Crippen LogP contribution in [0.3, 0.4) is 0 Å². The Kier molecular flexibility index (Phi) is 6.46. The molecule has 5 nitrogen and oxygen atoms in total. The zero-order valence-corrected chi connectivity index (χ0v) is 14.2. The van der Waals surface area contributed by atoms with E-state index in [4.69, 9.17) is 23.2 Å². The van der Waals surface area contributed by atoms with Gasteiger partial charge in [0, 0.05) is 0 Å². The molecule has 0 radical (unpaired) electrons. The molecule has 1 rings (SSSR count). The SMILES string of the molecule is CC[C@@H](C)[C@H](NS(=O)(=O)c1c(Cl)cccc1Cl)C(=O)OC. The van der Waals surface area contributed by atoms with Crippen molar-refractivity contribution in [3.05, 3.63) is 28.2 Å². The molecular weight excluding hydrogens is 337 g/mol. The summed E-state index contributed by atoms with van der Waals surface area (Å²) in [7, 11) is -2.84. The van der Waals surface area contributed by atoms with Gasteiger partial charge in [0.15, 0.2) is 0 Å². The van der Waals surface area contributed by atoms with E-state index in [-0.39, 0.29) is 20.9 Å². The Morgan fingerprint density at radius 1 is 1.33 bits per heavy atom. The van der Waals surface area contributed by atoms with Crippen molar-refractivity contribution >= 4 is 39.2 Å². The highest BCUT2D eigenvalue weighted by Gasteiger charge is 2.32. The van der Waals surface area contributed by atoms with Gasteiger partial charge in [0.1, 0.15) is 10.9 Å². The first-order valence-electron chi connectivity index (χ1n) is 6.28. The van der Waals surface area contributed by atoms with E-state index >= 15 is 0 Å². The van der Waals surface area contributed by atoms with Gasteiger partial charge in [-0.1, -0.05) is 49.5 Å². The van der Waals surface area contributed by atoms with E-state index in [1.165, 1.54) is 25.3 Å². The Hall–Kier alpha value is -0.820. The second kappa shape index (κ2) is 7.45. The number of nitrogens with one attached hydrogen (secondary N) is 1. The monoisotopic (exact) mass is 353 g/mol. The predicted molar refractivity (Wildman–Crippen MR) is 82.0 cm³/mol. The van der Waals surface area contributed by atoms with Gasteiger partial charge >= 0.3 is 5.97 Å². The van der Waals surface area contributed by atoms with Crippen LogP contribution in [-0.2, 0) is 19.6 Å². The van der Waals surface area contributed by atoms with Gasteiger partial charge in [0.25, 0.3) is 0 Å². The number of carbonyl (C=O) groups is 1. The number of halogens is 2. The maximum atomic E-state index is 12.4. The lowest BCUT2D eigenvalue weighted by Gasteiger charge is -2.22. The molecule has 2 atom stereocenters. The van der Waals surface area contributed by atoms with Gasteiger partial charge < -0.3 is 4.74 Å². The third-order valence-electron chi connectivity index (χ3n) is 3.14. The van der Waals surface area contributed by atoms with E-state index in [9.17, 15) is 13.2 Å². The predicted octanol–water partition coefficient (Wildman–Crippen LogP) is 2.86. The largest absolute Gasteiger partial charge is 0.468 e. The molecule has 1 aromatic rings. The zero-order chi connectivity index (χ0) is 16.2. The standard InChI is InChI=1S/C13H17Cl2NO4S/c1-4-8(2)11(13(17)20-3)16-21(18,19)12-9(14)6-5-7-10(12)15/h5-8,11,16H,4H2,1-3H3/t8-,11+/m1/s1. The molecule has 0 saturated heterocycles. The highest BCUT2D eigenvalue weighted by molar-refractivity contribution is 7.89. The molecule has 0 amide bonds. The molecular formula is C13H17Cl2NO4S. The van der Waals surface area contributed by atoms with Gasteiger partial charge in [-0.2, -0.15) is 4.72 Å². The van der Waals surface area contributed by atoms with E-state index in [1.54, 1.807) is 6.92 Å². The summed E-state index contributed by atoms with van der Waals surface area (Å²) >= 11 is 11.8. The Morgan fingerprint density at radius 3 is 2.29 bits per heavy atom. The molecule has 21 heavy (non-hydrogen) atoms. The molecule has 0 aromatic heterocycles. The van der Waals surface area contributed by atoms with Crippen LogP contribution in [0.2, 0.25) is 10.0 Å².